The zero-order valence-corrected chi connectivity index (χ0v) is 10.4. The third-order valence-electron chi connectivity index (χ3n) is 2.63. The number of carbonyl (C=O) groups excluding carboxylic acids is 1. The molecule has 1 aliphatic rings. The van der Waals surface area contributed by atoms with Crippen LogP contribution in [0.3, 0.4) is 0 Å². The van der Waals surface area contributed by atoms with Crippen molar-refractivity contribution in [3.63, 3.8) is 0 Å². The molecular formula is C11H16N2O2S. The van der Waals surface area contributed by atoms with Crippen molar-refractivity contribution in [3.05, 3.63) is 15.6 Å². The number of hydrogen-bond acceptors (Lipinski definition) is 5. The number of nitrogens with one attached hydrogen (secondary N) is 1. The lowest BCUT2D eigenvalue weighted by molar-refractivity contribution is 0.0594. The summed E-state index contributed by atoms with van der Waals surface area (Å²) in [6, 6.07) is 0. The average Bonchev–Trinajstić information content (AvgIpc) is 3.01. The van der Waals surface area contributed by atoms with Crippen LogP contribution < -0.4 is 5.32 Å². The normalized spacial score (nSPS) is 15.1. The van der Waals surface area contributed by atoms with Gasteiger partial charge in [-0.2, -0.15) is 0 Å². The van der Waals surface area contributed by atoms with Gasteiger partial charge in [-0.15, -0.1) is 11.3 Å². The predicted octanol–water partition coefficient (Wildman–Crippen LogP) is 1.74. The molecule has 1 fully saturated rings. The molecule has 1 aliphatic carbocycles. The van der Waals surface area contributed by atoms with E-state index in [-0.39, 0.29) is 5.97 Å². The van der Waals surface area contributed by atoms with Gasteiger partial charge in [0.2, 0.25) is 0 Å². The van der Waals surface area contributed by atoms with Crippen LogP contribution in [-0.2, 0) is 11.3 Å². The van der Waals surface area contributed by atoms with E-state index in [1.807, 2.05) is 6.92 Å². The number of thiazole rings is 1. The number of aromatic nitrogens is 1. The number of aryl methyl sites for hydroxylation is 1. The van der Waals surface area contributed by atoms with E-state index in [2.05, 4.69) is 15.0 Å². The van der Waals surface area contributed by atoms with Gasteiger partial charge >= 0.3 is 5.97 Å². The van der Waals surface area contributed by atoms with E-state index in [1.54, 1.807) is 11.3 Å². The van der Waals surface area contributed by atoms with E-state index in [1.165, 1.54) is 20.0 Å². The summed E-state index contributed by atoms with van der Waals surface area (Å²) in [6.07, 6.45) is 2.69. The van der Waals surface area contributed by atoms with Gasteiger partial charge in [0.05, 0.1) is 7.11 Å². The van der Waals surface area contributed by atoms with Crippen LogP contribution in [0.2, 0.25) is 0 Å². The van der Waals surface area contributed by atoms with Crippen LogP contribution in [0.4, 0.5) is 0 Å². The highest BCUT2D eigenvalue weighted by atomic mass is 32.1. The second kappa shape index (κ2) is 4.93. The van der Waals surface area contributed by atoms with Crippen molar-refractivity contribution in [3.8, 4) is 0 Å². The van der Waals surface area contributed by atoms with Gasteiger partial charge < -0.3 is 10.1 Å². The summed E-state index contributed by atoms with van der Waals surface area (Å²) in [4.78, 5) is 16.5. The highest BCUT2D eigenvalue weighted by molar-refractivity contribution is 7.11. The first-order chi connectivity index (χ1) is 7.70. The maximum absolute atomic E-state index is 11.3. The third kappa shape index (κ3) is 2.80. The SMILES string of the molecule is COC(=O)c1nc(CNCC2CC2)sc1C. The van der Waals surface area contributed by atoms with Gasteiger partial charge in [-0.05, 0) is 32.2 Å². The van der Waals surface area contributed by atoms with Crippen molar-refractivity contribution in [2.24, 2.45) is 5.92 Å². The molecule has 1 N–H and O–H groups in total. The summed E-state index contributed by atoms with van der Waals surface area (Å²) < 4.78 is 4.67. The van der Waals surface area contributed by atoms with E-state index in [0.717, 1.165) is 28.9 Å². The fourth-order valence-electron chi connectivity index (χ4n) is 1.52. The summed E-state index contributed by atoms with van der Waals surface area (Å²) >= 11 is 1.56. The summed E-state index contributed by atoms with van der Waals surface area (Å²) in [7, 11) is 1.38. The van der Waals surface area contributed by atoms with Gasteiger partial charge in [-0.25, -0.2) is 9.78 Å². The highest BCUT2D eigenvalue weighted by Crippen LogP contribution is 2.27. The molecule has 0 bridgehead atoms. The van der Waals surface area contributed by atoms with Crippen molar-refractivity contribution in [2.75, 3.05) is 13.7 Å². The minimum absolute atomic E-state index is 0.345. The molecule has 1 heterocycles. The minimum Gasteiger partial charge on any atom is -0.464 e. The first-order valence-corrected chi connectivity index (χ1v) is 6.27. The lowest BCUT2D eigenvalue weighted by Crippen LogP contribution is -2.16. The van der Waals surface area contributed by atoms with E-state index in [0.29, 0.717) is 5.69 Å². The zero-order chi connectivity index (χ0) is 11.5. The van der Waals surface area contributed by atoms with Gasteiger partial charge in [-0.3, -0.25) is 0 Å². The second-order valence-corrected chi connectivity index (χ2v) is 5.37. The van der Waals surface area contributed by atoms with Gasteiger partial charge in [0, 0.05) is 11.4 Å². The number of ether oxygens (including phenoxy) is 1. The van der Waals surface area contributed by atoms with Gasteiger partial charge in [0.1, 0.15) is 5.01 Å². The summed E-state index contributed by atoms with van der Waals surface area (Å²) in [5, 5.41) is 4.31. The monoisotopic (exact) mass is 240 g/mol. The summed E-state index contributed by atoms with van der Waals surface area (Å²) in [5.74, 6) is 0.517. The molecule has 0 radical (unpaired) electrons. The van der Waals surface area contributed by atoms with Crippen LogP contribution in [0.5, 0.6) is 0 Å². The first kappa shape index (κ1) is 11.5. The average molecular weight is 240 g/mol. The molecule has 2 rings (SSSR count). The first-order valence-electron chi connectivity index (χ1n) is 5.46. The highest BCUT2D eigenvalue weighted by Gasteiger charge is 2.21. The lowest BCUT2D eigenvalue weighted by atomic mass is 10.4. The Labute approximate surface area is 99.0 Å². The molecule has 0 amide bonds. The largest absolute Gasteiger partial charge is 0.464 e. The molecule has 0 aromatic carbocycles. The van der Waals surface area contributed by atoms with Crippen LogP contribution in [0.1, 0.15) is 33.2 Å². The van der Waals surface area contributed by atoms with Crippen LogP contribution >= 0.6 is 11.3 Å². The molecule has 0 atom stereocenters. The molecule has 1 aromatic rings. The van der Waals surface area contributed by atoms with Crippen molar-refractivity contribution < 1.29 is 9.53 Å². The molecule has 1 aromatic heterocycles. The fourth-order valence-corrected chi connectivity index (χ4v) is 2.41. The van der Waals surface area contributed by atoms with Crippen molar-refractivity contribution in [1.82, 2.24) is 10.3 Å². The van der Waals surface area contributed by atoms with Crippen LogP contribution in [0.15, 0.2) is 0 Å². The molecule has 1 saturated carbocycles. The molecule has 0 aliphatic heterocycles. The maximum atomic E-state index is 11.3. The summed E-state index contributed by atoms with van der Waals surface area (Å²) in [5.41, 5.74) is 0.454. The standard InChI is InChI=1S/C11H16N2O2S/c1-7-10(11(14)15-2)13-9(16-7)6-12-5-8-3-4-8/h8,12H,3-6H2,1-2H3. The quantitative estimate of drug-likeness (QED) is 0.796. The molecular weight excluding hydrogens is 224 g/mol. The fraction of sp³-hybridized carbons (Fsp3) is 0.636. The van der Waals surface area contributed by atoms with E-state index >= 15 is 0 Å². The Bertz CT molecular complexity index is 385. The lowest BCUT2D eigenvalue weighted by Gasteiger charge is -1.98. The van der Waals surface area contributed by atoms with Crippen LogP contribution in [-0.4, -0.2) is 24.6 Å². The van der Waals surface area contributed by atoms with Gasteiger partial charge in [-0.1, -0.05) is 0 Å². The van der Waals surface area contributed by atoms with Crippen molar-refractivity contribution in [2.45, 2.75) is 26.3 Å². The van der Waals surface area contributed by atoms with Crippen molar-refractivity contribution in [1.29, 1.82) is 0 Å². The number of rotatable bonds is 5. The topological polar surface area (TPSA) is 51.2 Å². The summed E-state index contributed by atoms with van der Waals surface area (Å²) in [6.45, 7) is 3.71. The molecule has 0 spiro atoms. The van der Waals surface area contributed by atoms with Gasteiger partial charge in [0.15, 0.2) is 5.69 Å². The van der Waals surface area contributed by atoms with E-state index in [9.17, 15) is 4.79 Å². The molecule has 5 heteroatoms. The maximum Gasteiger partial charge on any atom is 0.357 e. The molecule has 88 valence electrons. The van der Waals surface area contributed by atoms with Crippen LogP contribution in [0, 0.1) is 12.8 Å². The molecule has 16 heavy (non-hydrogen) atoms. The van der Waals surface area contributed by atoms with Crippen LogP contribution in [0.25, 0.3) is 0 Å². The number of nitrogens with zero attached hydrogens (tertiary/aromatic N) is 1. The smallest absolute Gasteiger partial charge is 0.357 e. The van der Waals surface area contributed by atoms with E-state index in [4.69, 9.17) is 0 Å². The van der Waals surface area contributed by atoms with E-state index < -0.39 is 0 Å². The number of esters is 1. The predicted molar refractivity (Wildman–Crippen MR) is 62.6 cm³/mol. The Morgan fingerprint density at radius 1 is 1.62 bits per heavy atom. The number of methoxy groups -OCH3 is 1. The molecule has 0 unspecified atom stereocenters. The Kier molecular flexibility index (Phi) is 3.56. The number of hydrogen-bond donors (Lipinski definition) is 1. The third-order valence-corrected chi connectivity index (χ3v) is 3.60. The zero-order valence-electron chi connectivity index (χ0n) is 9.58. The molecule has 4 nitrogen and oxygen atoms in total. The Balaban J connectivity index is 1.91. The minimum atomic E-state index is -0.345. The second-order valence-electron chi connectivity index (χ2n) is 4.08. The Morgan fingerprint density at radius 2 is 2.38 bits per heavy atom. The molecule has 0 saturated heterocycles. The Hall–Kier alpha value is -0.940. The number of carbonyl (C=O) groups is 1. The Morgan fingerprint density at radius 3 is 3.00 bits per heavy atom. The van der Waals surface area contributed by atoms with Crippen molar-refractivity contribution >= 4 is 17.3 Å². The van der Waals surface area contributed by atoms with Gasteiger partial charge in [0.25, 0.3) is 0 Å².